The maximum Gasteiger partial charge on any atom is 0.123 e. The quantitative estimate of drug-likeness (QED) is 0.902. The maximum absolute atomic E-state index is 13.3. The highest BCUT2D eigenvalue weighted by atomic mass is 19.1. The van der Waals surface area contributed by atoms with Crippen molar-refractivity contribution in [2.75, 3.05) is 13.1 Å². The van der Waals surface area contributed by atoms with Gasteiger partial charge in [0.1, 0.15) is 5.82 Å². The lowest BCUT2D eigenvalue weighted by molar-refractivity contribution is 0.0627. The molecule has 1 fully saturated rings. The van der Waals surface area contributed by atoms with Crippen LogP contribution in [0.1, 0.15) is 33.3 Å². The first-order valence-corrected chi connectivity index (χ1v) is 7.11. The van der Waals surface area contributed by atoms with Gasteiger partial charge in [0, 0.05) is 31.2 Å². The molecule has 1 heterocycles. The van der Waals surface area contributed by atoms with Gasteiger partial charge in [-0.1, -0.05) is 26.0 Å². The smallest absolute Gasteiger partial charge is 0.123 e. The van der Waals surface area contributed by atoms with Crippen molar-refractivity contribution in [1.29, 1.82) is 0 Å². The van der Waals surface area contributed by atoms with Crippen LogP contribution >= 0.6 is 0 Å². The fraction of sp³-hybridized carbons (Fsp3) is 0.625. The van der Waals surface area contributed by atoms with Gasteiger partial charge in [0.25, 0.3) is 0 Å². The lowest BCUT2D eigenvalue weighted by Crippen LogP contribution is -2.62. The van der Waals surface area contributed by atoms with Crippen molar-refractivity contribution in [1.82, 2.24) is 10.2 Å². The molecule has 1 N–H and O–H groups in total. The van der Waals surface area contributed by atoms with Crippen molar-refractivity contribution in [3.05, 3.63) is 35.6 Å². The second-order valence-corrected chi connectivity index (χ2v) is 6.61. The number of piperazine rings is 1. The summed E-state index contributed by atoms with van der Waals surface area (Å²) in [5, 5.41) is 3.60. The maximum atomic E-state index is 13.3. The third-order valence-electron chi connectivity index (χ3n) is 3.90. The first-order chi connectivity index (χ1) is 8.87. The lowest BCUT2D eigenvalue weighted by atomic mass is 9.92. The van der Waals surface area contributed by atoms with Crippen molar-refractivity contribution in [3.63, 3.8) is 0 Å². The molecule has 1 aromatic carbocycles. The summed E-state index contributed by atoms with van der Waals surface area (Å²) in [6, 6.07) is 7.46. The molecule has 19 heavy (non-hydrogen) atoms. The molecule has 106 valence electrons. The van der Waals surface area contributed by atoms with Crippen LogP contribution in [0, 0.1) is 11.7 Å². The molecule has 3 heteroatoms. The predicted molar refractivity (Wildman–Crippen MR) is 77.5 cm³/mol. The fourth-order valence-corrected chi connectivity index (χ4v) is 2.89. The molecule has 1 aliphatic heterocycles. The molecule has 2 rings (SSSR count). The summed E-state index contributed by atoms with van der Waals surface area (Å²) in [6.45, 7) is 11.8. The summed E-state index contributed by atoms with van der Waals surface area (Å²) in [6.07, 6.45) is 0. The van der Waals surface area contributed by atoms with E-state index in [1.165, 1.54) is 6.07 Å². The zero-order valence-electron chi connectivity index (χ0n) is 12.4. The lowest BCUT2D eigenvalue weighted by Gasteiger charge is -2.46. The van der Waals surface area contributed by atoms with E-state index < -0.39 is 0 Å². The molecule has 0 spiro atoms. The highest BCUT2D eigenvalue weighted by Gasteiger charge is 2.33. The molecule has 1 aromatic rings. The Morgan fingerprint density at radius 3 is 2.79 bits per heavy atom. The van der Waals surface area contributed by atoms with Gasteiger partial charge < -0.3 is 5.32 Å². The molecular weight excluding hydrogens is 239 g/mol. The van der Waals surface area contributed by atoms with Crippen LogP contribution in [0.4, 0.5) is 4.39 Å². The Morgan fingerprint density at radius 2 is 2.16 bits per heavy atom. The minimum absolute atomic E-state index is 0.124. The fourth-order valence-electron chi connectivity index (χ4n) is 2.89. The summed E-state index contributed by atoms with van der Waals surface area (Å²) < 4.78 is 13.3. The van der Waals surface area contributed by atoms with Gasteiger partial charge in [-0.15, -0.1) is 0 Å². The zero-order valence-corrected chi connectivity index (χ0v) is 12.4. The highest BCUT2D eigenvalue weighted by Crippen LogP contribution is 2.22. The minimum Gasteiger partial charge on any atom is -0.309 e. The standard InChI is InChI=1S/C16H25FN2/c1-12(2)15-9-18-16(3,4)11-19(15)10-13-6-5-7-14(17)8-13/h5-8,12,15,18H,9-11H2,1-4H3. The molecule has 0 saturated carbocycles. The third kappa shape index (κ3) is 3.77. The van der Waals surface area contributed by atoms with Gasteiger partial charge in [0.05, 0.1) is 0 Å². The van der Waals surface area contributed by atoms with Gasteiger partial charge in [0.2, 0.25) is 0 Å². The Kier molecular flexibility index (Phi) is 4.26. The zero-order chi connectivity index (χ0) is 14.0. The average Bonchev–Trinajstić information content (AvgIpc) is 2.27. The second-order valence-electron chi connectivity index (χ2n) is 6.61. The highest BCUT2D eigenvalue weighted by molar-refractivity contribution is 5.16. The van der Waals surface area contributed by atoms with E-state index in [1.54, 1.807) is 12.1 Å². The van der Waals surface area contributed by atoms with E-state index in [0.717, 1.165) is 25.2 Å². The van der Waals surface area contributed by atoms with E-state index in [2.05, 4.69) is 37.9 Å². The molecular formula is C16H25FN2. The topological polar surface area (TPSA) is 15.3 Å². The summed E-state index contributed by atoms with van der Waals surface area (Å²) in [4.78, 5) is 2.48. The van der Waals surface area contributed by atoms with Crippen LogP contribution in [-0.2, 0) is 6.54 Å². The third-order valence-corrected chi connectivity index (χ3v) is 3.90. The van der Waals surface area contributed by atoms with E-state index in [0.29, 0.717) is 12.0 Å². The van der Waals surface area contributed by atoms with Crippen molar-refractivity contribution in [3.8, 4) is 0 Å². The first kappa shape index (κ1) is 14.5. The molecule has 0 aromatic heterocycles. The molecule has 1 unspecified atom stereocenters. The van der Waals surface area contributed by atoms with Crippen LogP contribution in [0.3, 0.4) is 0 Å². The number of benzene rings is 1. The monoisotopic (exact) mass is 264 g/mol. The number of nitrogens with zero attached hydrogens (tertiary/aromatic N) is 1. The van der Waals surface area contributed by atoms with Gasteiger partial charge in [-0.25, -0.2) is 4.39 Å². The molecule has 1 atom stereocenters. The number of halogens is 1. The van der Waals surface area contributed by atoms with Crippen LogP contribution in [0.25, 0.3) is 0 Å². The molecule has 2 nitrogen and oxygen atoms in total. The van der Waals surface area contributed by atoms with E-state index in [1.807, 2.05) is 6.07 Å². The van der Waals surface area contributed by atoms with Crippen LogP contribution in [0.5, 0.6) is 0 Å². The average molecular weight is 264 g/mol. The van der Waals surface area contributed by atoms with Crippen molar-refractivity contribution in [2.45, 2.75) is 45.8 Å². The largest absolute Gasteiger partial charge is 0.309 e. The molecule has 0 aliphatic carbocycles. The molecule has 0 bridgehead atoms. The predicted octanol–water partition coefficient (Wildman–Crippen LogP) is 3.03. The van der Waals surface area contributed by atoms with Crippen molar-refractivity contribution >= 4 is 0 Å². The van der Waals surface area contributed by atoms with Gasteiger partial charge in [-0.3, -0.25) is 4.90 Å². The van der Waals surface area contributed by atoms with Gasteiger partial charge in [-0.2, -0.15) is 0 Å². The van der Waals surface area contributed by atoms with Crippen LogP contribution in [0.15, 0.2) is 24.3 Å². The molecule has 0 amide bonds. The second kappa shape index (κ2) is 5.59. The van der Waals surface area contributed by atoms with Crippen molar-refractivity contribution < 1.29 is 4.39 Å². The summed E-state index contributed by atoms with van der Waals surface area (Å²) in [5.74, 6) is 0.449. The number of rotatable bonds is 3. The van der Waals surface area contributed by atoms with Gasteiger partial charge >= 0.3 is 0 Å². The normalized spacial score (nSPS) is 23.8. The minimum atomic E-state index is -0.145. The SMILES string of the molecule is CC(C)C1CNC(C)(C)CN1Cc1cccc(F)c1. The van der Waals surface area contributed by atoms with Gasteiger partial charge in [0.15, 0.2) is 0 Å². The summed E-state index contributed by atoms with van der Waals surface area (Å²) in [7, 11) is 0. The number of nitrogens with one attached hydrogen (secondary N) is 1. The van der Waals surface area contributed by atoms with E-state index in [4.69, 9.17) is 0 Å². The van der Waals surface area contributed by atoms with Crippen LogP contribution in [-0.4, -0.2) is 29.6 Å². The van der Waals surface area contributed by atoms with Crippen LogP contribution in [0.2, 0.25) is 0 Å². The number of hydrogen-bond donors (Lipinski definition) is 1. The number of hydrogen-bond acceptors (Lipinski definition) is 2. The Labute approximate surface area is 116 Å². The van der Waals surface area contributed by atoms with Crippen LogP contribution < -0.4 is 5.32 Å². The van der Waals surface area contributed by atoms with Crippen molar-refractivity contribution in [2.24, 2.45) is 5.92 Å². The Balaban J connectivity index is 2.13. The van der Waals surface area contributed by atoms with E-state index in [9.17, 15) is 4.39 Å². The Hall–Kier alpha value is -0.930. The molecule has 1 aliphatic rings. The van der Waals surface area contributed by atoms with E-state index >= 15 is 0 Å². The first-order valence-electron chi connectivity index (χ1n) is 7.11. The van der Waals surface area contributed by atoms with Gasteiger partial charge in [-0.05, 0) is 37.5 Å². The summed E-state index contributed by atoms with van der Waals surface area (Å²) in [5.41, 5.74) is 1.18. The molecule has 0 radical (unpaired) electrons. The summed E-state index contributed by atoms with van der Waals surface area (Å²) >= 11 is 0. The Bertz CT molecular complexity index is 429. The molecule has 1 saturated heterocycles. The Morgan fingerprint density at radius 1 is 1.42 bits per heavy atom. The van der Waals surface area contributed by atoms with E-state index in [-0.39, 0.29) is 11.4 Å².